The SMILES string of the molecule is BrCC1(CCOc2ccccc2)CCCC1. The Labute approximate surface area is 106 Å². The lowest BCUT2D eigenvalue weighted by Gasteiger charge is -2.26. The summed E-state index contributed by atoms with van der Waals surface area (Å²) in [6.07, 6.45) is 6.66. The highest BCUT2D eigenvalue weighted by Crippen LogP contribution is 2.42. The van der Waals surface area contributed by atoms with Crippen LogP contribution in [-0.4, -0.2) is 11.9 Å². The third-order valence-corrected chi connectivity index (χ3v) is 4.78. The Morgan fingerprint density at radius 2 is 1.81 bits per heavy atom. The summed E-state index contributed by atoms with van der Waals surface area (Å²) in [5.74, 6) is 0.991. The molecule has 1 aliphatic carbocycles. The first kappa shape index (κ1) is 12.0. The molecule has 0 spiro atoms. The standard InChI is InChI=1S/C14H19BrO/c15-12-14(8-4-5-9-14)10-11-16-13-6-2-1-3-7-13/h1-3,6-7H,4-5,8-12H2. The van der Waals surface area contributed by atoms with Gasteiger partial charge in [-0.2, -0.15) is 0 Å². The molecule has 88 valence electrons. The Morgan fingerprint density at radius 1 is 1.12 bits per heavy atom. The van der Waals surface area contributed by atoms with Crippen molar-refractivity contribution in [3.8, 4) is 5.75 Å². The lowest BCUT2D eigenvalue weighted by molar-refractivity contribution is 0.221. The monoisotopic (exact) mass is 282 g/mol. The fourth-order valence-corrected chi connectivity index (χ4v) is 3.32. The summed E-state index contributed by atoms with van der Waals surface area (Å²) in [5.41, 5.74) is 0.509. The zero-order chi connectivity index (χ0) is 11.3. The molecule has 1 aromatic carbocycles. The zero-order valence-corrected chi connectivity index (χ0v) is 11.2. The van der Waals surface area contributed by atoms with Gasteiger partial charge in [-0.3, -0.25) is 0 Å². The smallest absolute Gasteiger partial charge is 0.119 e. The van der Waals surface area contributed by atoms with E-state index in [1.54, 1.807) is 0 Å². The van der Waals surface area contributed by atoms with E-state index in [1.165, 1.54) is 32.1 Å². The van der Waals surface area contributed by atoms with Crippen LogP contribution in [0.1, 0.15) is 32.1 Å². The molecule has 0 N–H and O–H groups in total. The summed E-state index contributed by atoms with van der Waals surface area (Å²) in [4.78, 5) is 0. The molecule has 0 saturated heterocycles. The van der Waals surface area contributed by atoms with Crippen molar-refractivity contribution < 1.29 is 4.74 Å². The molecular formula is C14H19BrO. The van der Waals surface area contributed by atoms with Crippen LogP contribution in [0.5, 0.6) is 5.75 Å². The molecule has 0 heterocycles. The van der Waals surface area contributed by atoms with Gasteiger partial charge >= 0.3 is 0 Å². The Balaban J connectivity index is 1.79. The van der Waals surface area contributed by atoms with Crippen molar-refractivity contribution in [2.75, 3.05) is 11.9 Å². The Bertz CT molecular complexity index is 304. The van der Waals surface area contributed by atoms with Gasteiger partial charge in [0.1, 0.15) is 5.75 Å². The molecule has 2 rings (SSSR count). The number of hydrogen-bond donors (Lipinski definition) is 0. The number of ether oxygens (including phenoxy) is 1. The molecule has 0 radical (unpaired) electrons. The van der Waals surface area contributed by atoms with Gasteiger partial charge in [0.2, 0.25) is 0 Å². The fraction of sp³-hybridized carbons (Fsp3) is 0.571. The minimum absolute atomic E-state index is 0.509. The Morgan fingerprint density at radius 3 is 2.44 bits per heavy atom. The van der Waals surface area contributed by atoms with Crippen LogP contribution < -0.4 is 4.74 Å². The number of alkyl halides is 1. The number of benzene rings is 1. The summed E-state index contributed by atoms with van der Waals surface area (Å²) in [6.45, 7) is 0.843. The highest BCUT2D eigenvalue weighted by Gasteiger charge is 2.32. The fourth-order valence-electron chi connectivity index (χ4n) is 2.48. The van der Waals surface area contributed by atoms with Crippen molar-refractivity contribution in [2.45, 2.75) is 32.1 Å². The van der Waals surface area contributed by atoms with E-state index < -0.39 is 0 Å². The highest BCUT2D eigenvalue weighted by atomic mass is 79.9. The van der Waals surface area contributed by atoms with Crippen LogP contribution in [0.25, 0.3) is 0 Å². The largest absolute Gasteiger partial charge is 0.494 e. The van der Waals surface area contributed by atoms with Crippen LogP contribution in [0.4, 0.5) is 0 Å². The lowest BCUT2D eigenvalue weighted by atomic mass is 9.85. The molecule has 0 bridgehead atoms. The van der Waals surface area contributed by atoms with E-state index in [9.17, 15) is 0 Å². The molecule has 1 saturated carbocycles. The summed E-state index contributed by atoms with van der Waals surface area (Å²) < 4.78 is 5.77. The third kappa shape index (κ3) is 3.00. The first-order chi connectivity index (χ1) is 7.85. The van der Waals surface area contributed by atoms with Gasteiger partial charge in [0.15, 0.2) is 0 Å². The van der Waals surface area contributed by atoms with Crippen LogP contribution in [0, 0.1) is 5.41 Å². The summed E-state index contributed by atoms with van der Waals surface area (Å²) in [5, 5.41) is 1.12. The van der Waals surface area contributed by atoms with E-state index in [4.69, 9.17) is 4.74 Å². The summed E-state index contributed by atoms with van der Waals surface area (Å²) in [6, 6.07) is 10.1. The van der Waals surface area contributed by atoms with Gasteiger partial charge in [-0.25, -0.2) is 0 Å². The molecule has 0 unspecified atom stereocenters. The van der Waals surface area contributed by atoms with Gasteiger partial charge in [-0.15, -0.1) is 0 Å². The molecule has 0 amide bonds. The zero-order valence-electron chi connectivity index (χ0n) is 9.62. The Hall–Kier alpha value is -0.500. The van der Waals surface area contributed by atoms with Crippen molar-refractivity contribution in [1.29, 1.82) is 0 Å². The average molecular weight is 283 g/mol. The van der Waals surface area contributed by atoms with Gasteiger partial charge in [0.25, 0.3) is 0 Å². The molecule has 1 fully saturated rings. The average Bonchev–Trinajstić information content (AvgIpc) is 2.80. The highest BCUT2D eigenvalue weighted by molar-refractivity contribution is 9.09. The molecule has 2 heteroatoms. The van der Waals surface area contributed by atoms with Gasteiger partial charge < -0.3 is 4.74 Å². The summed E-state index contributed by atoms with van der Waals surface area (Å²) in [7, 11) is 0. The second-order valence-electron chi connectivity index (χ2n) is 4.75. The van der Waals surface area contributed by atoms with Crippen molar-refractivity contribution in [1.82, 2.24) is 0 Å². The van der Waals surface area contributed by atoms with E-state index in [2.05, 4.69) is 15.9 Å². The van der Waals surface area contributed by atoms with Crippen molar-refractivity contribution >= 4 is 15.9 Å². The van der Waals surface area contributed by atoms with Gasteiger partial charge in [0, 0.05) is 5.33 Å². The minimum atomic E-state index is 0.509. The van der Waals surface area contributed by atoms with Gasteiger partial charge in [-0.1, -0.05) is 47.0 Å². The molecular weight excluding hydrogens is 264 g/mol. The van der Waals surface area contributed by atoms with E-state index in [1.807, 2.05) is 30.3 Å². The maximum Gasteiger partial charge on any atom is 0.119 e. The first-order valence-electron chi connectivity index (χ1n) is 6.08. The molecule has 0 aliphatic heterocycles. The predicted octanol–water partition coefficient (Wildman–Crippen LogP) is 4.41. The maximum absolute atomic E-state index is 5.77. The third-order valence-electron chi connectivity index (χ3n) is 3.59. The minimum Gasteiger partial charge on any atom is -0.494 e. The quantitative estimate of drug-likeness (QED) is 0.727. The van der Waals surface area contributed by atoms with Gasteiger partial charge in [-0.05, 0) is 36.8 Å². The van der Waals surface area contributed by atoms with Crippen molar-refractivity contribution in [3.05, 3.63) is 30.3 Å². The van der Waals surface area contributed by atoms with E-state index in [0.717, 1.165) is 17.7 Å². The second kappa shape index (κ2) is 5.72. The van der Waals surface area contributed by atoms with E-state index >= 15 is 0 Å². The number of halogens is 1. The maximum atomic E-state index is 5.77. The molecule has 0 aromatic heterocycles. The van der Waals surface area contributed by atoms with Gasteiger partial charge in [0.05, 0.1) is 6.61 Å². The molecule has 1 aliphatic rings. The van der Waals surface area contributed by atoms with Crippen molar-refractivity contribution in [2.24, 2.45) is 5.41 Å². The number of rotatable bonds is 5. The number of hydrogen-bond acceptors (Lipinski definition) is 1. The van der Waals surface area contributed by atoms with Crippen LogP contribution in [0.2, 0.25) is 0 Å². The molecule has 1 nitrogen and oxygen atoms in total. The molecule has 1 aromatic rings. The Kier molecular flexibility index (Phi) is 4.28. The van der Waals surface area contributed by atoms with Crippen LogP contribution in [0.3, 0.4) is 0 Å². The van der Waals surface area contributed by atoms with E-state index in [0.29, 0.717) is 5.41 Å². The van der Waals surface area contributed by atoms with Crippen molar-refractivity contribution in [3.63, 3.8) is 0 Å². The van der Waals surface area contributed by atoms with Crippen LogP contribution in [0.15, 0.2) is 30.3 Å². The van der Waals surface area contributed by atoms with E-state index in [-0.39, 0.29) is 0 Å². The normalized spacial score (nSPS) is 18.6. The van der Waals surface area contributed by atoms with Crippen LogP contribution >= 0.6 is 15.9 Å². The predicted molar refractivity (Wildman–Crippen MR) is 71.2 cm³/mol. The number of para-hydroxylation sites is 1. The first-order valence-corrected chi connectivity index (χ1v) is 7.21. The molecule has 0 atom stereocenters. The summed E-state index contributed by atoms with van der Waals surface area (Å²) >= 11 is 3.66. The second-order valence-corrected chi connectivity index (χ2v) is 5.31. The molecule has 16 heavy (non-hydrogen) atoms. The topological polar surface area (TPSA) is 9.23 Å². The lowest BCUT2D eigenvalue weighted by Crippen LogP contribution is -2.21. The van der Waals surface area contributed by atoms with Crippen LogP contribution in [-0.2, 0) is 0 Å².